The molecular weight excluding hydrogens is 431 g/mol. The van der Waals surface area contributed by atoms with Crippen LogP contribution in [0.2, 0.25) is 0 Å². The summed E-state index contributed by atoms with van der Waals surface area (Å²) in [7, 11) is 0. The second-order valence-electron chi connectivity index (χ2n) is 6.70. The molecule has 0 spiro atoms. The van der Waals surface area contributed by atoms with E-state index >= 15 is 0 Å². The van der Waals surface area contributed by atoms with E-state index < -0.39 is 11.4 Å². The molecule has 0 fully saturated rings. The quantitative estimate of drug-likeness (QED) is 0.435. The van der Waals surface area contributed by atoms with E-state index in [1.807, 2.05) is 18.2 Å². The highest BCUT2D eigenvalue weighted by molar-refractivity contribution is 7.99. The zero-order valence-corrected chi connectivity index (χ0v) is 17.6. The van der Waals surface area contributed by atoms with Gasteiger partial charge in [-0.3, -0.25) is 14.7 Å². The standard InChI is InChI=1S/C22H17FN6O2S/c23-17-10-5-4-9-16(17)21-25-18-13-19(30)27-29(18)22(26-21)32-14-20(31)28(12-6-11-24)15-7-2-1-3-8-15/h1-5,7-10,13H,6,12,14H2,(H,27,30). The van der Waals surface area contributed by atoms with Crippen molar-refractivity contribution in [3.63, 3.8) is 0 Å². The monoisotopic (exact) mass is 448 g/mol. The third-order valence-electron chi connectivity index (χ3n) is 4.58. The summed E-state index contributed by atoms with van der Waals surface area (Å²) in [5.74, 6) is -0.622. The largest absolute Gasteiger partial charge is 0.311 e. The number of anilines is 1. The number of fused-ring (bicyclic) bond motifs is 1. The Balaban J connectivity index is 1.65. The van der Waals surface area contributed by atoms with E-state index in [2.05, 4.69) is 21.1 Å². The normalized spacial score (nSPS) is 10.8. The Morgan fingerprint density at radius 3 is 2.66 bits per heavy atom. The summed E-state index contributed by atoms with van der Waals surface area (Å²) in [4.78, 5) is 35.1. The number of hydrogen-bond donors (Lipinski definition) is 1. The molecule has 0 aliphatic carbocycles. The average Bonchev–Trinajstić information content (AvgIpc) is 3.19. The van der Waals surface area contributed by atoms with Crippen molar-refractivity contribution < 1.29 is 9.18 Å². The van der Waals surface area contributed by atoms with E-state index in [-0.39, 0.29) is 46.8 Å². The number of carbonyl (C=O) groups is 1. The molecule has 8 nitrogen and oxygen atoms in total. The van der Waals surface area contributed by atoms with Crippen LogP contribution in [-0.4, -0.2) is 37.8 Å². The number of nitrogens with one attached hydrogen (secondary N) is 1. The SMILES string of the molecule is N#CCCN(C(=O)CSc1nc(-c2ccccc2F)nc2cc(=O)[nH]n12)c1ccccc1. The Labute approximate surface area is 186 Å². The van der Waals surface area contributed by atoms with Crippen molar-refractivity contribution in [2.24, 2.45) is 0 Å². The maximum Gasteiger partial charge on any atom is 0.266 e. The number of rotatable bonds is 7. The first kappa shape index (κ1) is 21.3. The van der Waals surface area contributed by atoms with Crippen molar-refractivity contribution in [2.75, 3.05) is 17.2 Å². The molecule has 32 heavy (non-hydrogen) atoms. The lowest BCUT2D eigenvalue weighted by molar-refractivity contribution is -0.116. The molecule has 2 heterocycles. The number of halogens is 1. The molecule has 2 aromatic carbocycles. The number of aromatic nitrogens is 4. The van der Waals surface area contributed by atoms with Gasteiger partial charge in [0, 0.05) is 18.3 Å². The topological polar surface area (TPSA) is 107 Å². The predicted molar refractivity (Wildman–Crippen MR) is 119 cm³/mol. The maximum atomic E-state index is 14.3. The van der Waals surface area contributed by atoms with Crippen molar-refractivity contribution in [3.05, 3.63) is 76.8 Å². The smallest absolute Gasteiger partial charge is 0.266 e. The third-order valence-corrected chi connectivity index (χ3v) is 5.50. The van der Waals surface area contributed by atoms with Crippen molar-refractivity contribution in [1.82, 2.24) is 19.6 Å². The summed E-state index contributed by atoms with van der Waals surface area (Å²) in [6.45, 7) is 0.250. The van der Waals surface area contributed by atoms with Crippen LogP contribution < -0.4 is 10.5 Å². The van der Waals surface area contributed by atoms with Gasteiger partial charge in [0.2, 0.25) is 5.91 Å². The van der Waals surface area contributed by atoms with Crippen LogP contribution in [0, 0.1) is 17.1 Å². The minimum atomic E-state index is -0.492. The first-order valence-corrected chi connectivity index (χ1v) is 10.7. The van der Waals surface area contributed by atoms with Gasteiger partial charge in [0.05, 0.1) is 23.8 Å². The number of hydrogen-bond acceptors (Lipinski definition) is 6. The summed E-state index contributed by atoms with van der Waals surface area (Å²) in [5.41, 5.74) is 0.750. The Bertz CT molecular complexity index is 1360. The van der Waals surface area contributed by atoms with Gasteiger partial charge in [-0.1, -0.05) is 42.1 Å². The molecule has 4 rings (SSSR count). The number of H-pyrrole nitrogens is 1. The molecule has 0 unspecified atom stereocenters. The molecule has 4 aromatic rings. The van der Waals surface area contributed by atoms with Gasteiger partial charge in [-0.15, -0.1) is 0 Å². The number of amides is 1. The number of aromatic amines is 1. The van der Waals surface area contributed by atoms with Gasteiger partial charge in [-0.25, -0.2) is 18.9 Å². The van der Waals surface area contributed by atoms with Gasteiger partial charge >= 0.3 is 0 Å². The molecular formula is C22H17FN6O2S. The summed E-state index contributed by atoms with van der Waals surface area (Å²) in [5, 5.41) is 11.8. The minimum absolute atomic E-state index is 0.0106. The van der Waals surface area contributed by atoms with E-state index in [1.165, 1.54) is 21.5 Å². The van der Waals surface area contributed by atoms with Crippen LogP contribution in [0.25, 0.3) is 17.0 Å². The number of para-hydroxylation sites is 1. The second kappa shape index (κ2) is 9.45. The molecule has 160 valence electrons. The minimum Gasteiger partial charge on any atom is -0.311 e. The molecule has 1 N–H and O–H groups in total. The maximum absolute atomic E-state index is 14.3. The van der Waals surface area contributed by atoms with Gasteiger partial charge in [0.1, 0.15) is 5.82 Å². The molecule has 0 saturated carbocycles. The highest BCUT2D eigenvalue weighted by atomic mass is 32.2. The van der Waals surface area contributed by atoms with E-state index in [0.717, 1.165) is 11.8 Å². The lowest BCUT2D eigenvalue weighted by Crippen LogP contribution is -2.33. The van der Waals surface area contributed by atoms with E-state index in [9.17, 15) is 14.0 Å². The predicted octanol–water partition coefficient (Wildman–Crippen LogP) is 3.26. The highest BCUT2D eigenvalue weighted by Gasteiger charge is 2.19. The summed E-state index contributed by atoms with van der Waals surface area (Å²) >= 11 is 1.09. The molecule has 2 aromatic heterocycles. The molecule has 1 amide bonds. The molecule has 0 aliphatic heterocycles. The van der Waals surface area contributed by atoms with E-state index in [1.54, 1.807) is 30.3 Å². The average molecular weight is 448 g/mol. The molecule has 0 aliphatic rings. The lowest BCUT2D eigenvalue weighted by Gasteiger charge is -2.21. The van der Waals surface area contributed by atoms with Crippen molar-refractivity contribution >= 4 is 29.0 Å². The van der Waals surface area contributed by atoms with Gasteiger partial charge in [-0.05, 0) is 24.3 Å². The zero-order valence-electron chi connectivity index (χ0n) is 16.7. The molecule has 0 atom stereocenters. The van der Waals surface area contributed by atoms with Crippen molar-refractivity contribution in [1.29, 1.82) is 5.26 Å². The summed E-state index contributed by atoms with van der Waals surface area (Å²) in [6.07, 6.45) is 0.186. The summed E-state index contributed by atoms with van der Waals surface area (Å²) < 4.78 is 15.7. The van der Waals surface area contributed by atoms with Crippen molar-refractivity contribution in [2.45, 2.75) is 11.6 Å². The van der Waals surface area contributed by atoms with E-state index in [4.69, 9.17) is 5.26 Å². The van der Waals surface area contributed by atoms with Gasteiger partial charge in [-0.2, -0.15) is 5.26 Å². The van der Waals surface area contributed by atoms with Gasteiger partial charge in [0.15, 0.2) is 16.6 Å². The Kier molecular flexibility index (Phi) is 6.28. The number of nitriles is 1. The first-order chi connectivity index (χ1) is 15.6. The lowest BCUT2D eigenvalue weighted by atomic mass is 10.2. The fourth-order valence-corrected chi connectivity index (χ4v) is 3.94. The fraction of sp³-hybridized carbons (Fsp3) is 0.136. The number of benzene rings is 2. The van der Waals surface area contributed by atoms with Gasteiger partial charge < -0.3 is 4.90 Å². The zero-order chi connectivity index (χ0) is 22.5. The van der Waals surface area contributed by atoms with Crippen LogP contribution in [0.1, 0.15) is 6.42 Å². The number of thioether (sulfide) groups is 1. The molecule has 0 bridgehead atoms. The number of nitrogens with zero attached hydrogens (tertiary/aromatic N) is 5. The molecule has 0 saturated heterocycles. The van der Waals surface area contributed by atoms with E-state index in [0.29, 0.717) is 5.69 Å². The molecule has 10 heteroatoms. The Morgan fingerprint density at radius 2 is 1.91 bits per heavy atom. The second-order valence-corrected chi connectivity index (χ2v) is 7.64. The fourth-order valence-electron chi connectivity index (χ4n) is 3.12. The Morgan fingerprint density at radius 1 is 1.16 bits per heavy atom. The summed E-state index contributed by atoms with van der Waals surface area (Å²) in [6, 6.07) is 18.5. The van der Waals surface area contributed by atoms with Crippen LogP contribution in [-0.2, 0) is 4.79 Å². The van der Waals surface area contributed by atoms with Crippen LogP contribution in [0.3, 0.4) is 0 Å². The Hall–Kier alpha value is -3.97. The third kappa shape index (κ3) is 4.53. The van der Waals surface area contributed by atoms with Crippen LogP contribution in [0.15, 0.2) is 70.6 Å². The highest BCUT2D eigenvalue weighted by Crippen LogP contribution is 2.24. The van der Waals surface area contributed by atoms with Crippen LogP contribution in [0.5, 0.6) is 0 Å². The first-order valence-electron chi connectivity index (χ1n) is 9.66. The number of carbonyl (C=O) groups excluding carboxylic acids is 1. The van der Waals surface area contributed by atoms with Crippen LogP contribution >= 0.6 is 11.8 Å². The molecule has 0 radical (unpaired) electrons. The van der Waals surface area contributed by atoms with Crippen LogP contribution in [0.4, 0.5) is 10.1 Å². The van der Waals surface area contributed by atoms with Crippen molar-refractivity contribution in [3.8, 4) is 17.5 Å². The van der Waals surface area contributed by atoms with Gasteiger partial charge in [0.25, 0.3) is 5.56 Å².